The fraction of sp³-hybridized carbons (Fsp3) is 0.273. The Hall–Kier alpha value is -2.04. The van der Waals surface area contributed by atoms with Crippen molar-refractivity contribution in [3.63, 3.8) is 0 Å². The van der Waals surface area contributed by atoms with E-state index in [1.165, 1.54) is 6.92 Å². The number of benzene rings is 1. The minimum Gasteiger partial charge on any atom is -0.338 e. The normalized spacial score (nSPS) is 9.38. The van der Waals surface area contributed by atoms with Crippen molar-refractivity contribution in [2.24, 2.45) is 0 Å². The maximum absolute atomic E-state index is 11.2. The first-order valence-electron chi connectivity index (χ1n) is 5.04. The van der Waals surface area contributed by atoms with Gasteiger partial charge in [-0.05, 0) is 31.2 Å². The topological polar surface area (TPSA) is 70.2 Å². The molecular weight excluding hydrogens is 206 g/mol. The van der Waals surface area contributed by atoms with Crippen LogP contribution in [0.25, 0.3) is 0 Å². The number of carbonyl (C=O) groups excluding carboxylic acids is 2. The predicted octanol–water partition coefficient (Wildman–Crippen LogP) is 1.79. The Morgan fingerprint density at radius 2 is 1.56 bits per heavy atom. The standard InChI is InChI=1S/C11H15N3O2/c1-3-12-11(16)14-10-6-4-9(5-7-10)13-8(2)15/h4-7H,3H2,1-2H3,(H,13,15)(H2,12,14,16). The van der Waals surface area contributed by atoms with Crippen LogP contribution in [0, 0.1) is 0 Å². The molecule has 0 fully saturated rings. The highest BCUT2D eigenvalue weighted by atomic mass is 16.2. The average Bonchev–Trinajstić information content (AvgIpc) is 2.20. The van der Waals surface area contributed by atoms with Crippen molar-refractivity contribution < 1.29 is 9.59 Å². The monoisotopic (exact) mass is 221 g/mol. The van der Waals surface area contributed by atoms with Gasteiger partial charge in [-0.2, -0.15) is 0 Å². The van der Waals surface area contributed by atoms with Crippen molar-refractivity contribution >= 4 is 23.3 Å². The van der Waals surface area contributed by atoms with Crippen LogP contribution in [0.15, 0.2) is 24.3 Å². The molecule has 0 aliphatic heterocycles. The van der Waals surface area contributed by atoms with Gasteiger partial charge in [-0.1, -0.05) is 0 Å². The lowest BCUT2D eigenvalue weighted by molar-refractivity contribution is -0.114. The zero-order valence-electron chi connectivity index (χ0n) is 9.33. The number of amides is 3. The van der Waals surface area contributed by atoms with Gasteiger partial charge in [-0.15, -0.1) is 0 Å². The van der Waals surface area contributed by atoms with E-state index in [4.69, 9.17) is 0 Å². The highest BCUT2D eigenvalue weighted by Gasteiger charge is 2.00. The quantitative estimate of drug-likeness (QED) is 0.728. The first-order valence-corrected chi connectivity index (χ1v) is 5.04. The number of anilines is 2. The van der Waals surface area contributed by atoms with Crippen LogP contribution >= 0.6 is 0 Å². The number of urea groups is 1. The molecule has 3 amide bonds. The summed E-state index contributed by atoms with van der Waals surface area (Å²) in [7, 11) is 0. The zero-order chi connectivity index (χ0) is 12.0. The van der Waals surface area contributed by atoms with Gasteiger partial charge in [0.1, 0.15) is 0 Å². The lowest BCUT2D eigenvalue weighted by atomic mass is 10.3. The molecule has 3 N–H and O–H groups in total. The second-order valence-corrected chi connectivity index (χ2v) is 3.24. The van der Waals surface area contributed by atoms with E-state index in [-0.39, 0.29) is 11.9 Å². The van der Waals surface area contributed by atoms with Gasteiger partial charge in [0.25, 0.3) is 0 Å². The molecule has 16 heavy (non-hydrogen) atoms. The summed E-state index contributed by atoms with van der Waals surface area (Å²) >= 11 is 0. The third-order valence-corrected chi connectivity index (χ3v) is 1.80. The van der Waals surface area contributed by atoms with Crippen molar-refractivity contribution in [2.75, 3.05) is 17.2 Å². The molecule has 0 radical (unpaired) electrons. The van der Waals surface area contributed by atoms with Gasteiger partial charge in [0, 0.05) is 24.8 Å². The Bertz CT molecular complexity index is 373. The summed E-state index contributed by atoms with van der Waals surface area (Å²) in [5.41, 5.74) is 1.38. The van der Waals surface area contributed by atoms with E-state index in [1.54, 1.807) is 24.3 Å². The Balaban J connectivity index is 2.57. The molecule has 0 aliphatic carbocycles. The molecule has 0 spiro atoms. The molecular formula is C11H15N3O2. The molecule has 0 aliphatic rings. The van der Waals surface area contributed by atoms with Crippen LogP contribution in [0.3, 0.4) is 0 Å². The van der Waals surface area contributed by atoms with Gasteiger partial charge in [0.15, 0.2) is 0 Å². The first kappa shape index (κ1) is 12.0. The zero-order valence-corrected chi connectivity index (χ0v) is 9.33. The summed E-state index contributed by atoms with van der Waals surface area (Å²) in [5.74, 6) is -0.121. The average molecular weight is 221 g/mol. The molecule has 1 aromatic rings. The minimum atomic E-state index is -0.241. The number of carbonyl (C=O) groups is 2. The highest BCUT2D eigenvalue weighted by Crippen LogP contribution is 2.13. The van der Waals surface area contributed by atoms with Crippen molar-refractivity contribution in [3.05, 3.63) is 24.3 Å². The van der Waals surface area contributed by atoms with Gasteiger partial charge in [-0.25, -0.2) is 4.79 Å². The summed E-state index contributed by atoms with van der Waals surface area (Å²) < 4.78 is 0. The molecule has 5 heteroatoms. The van der Waals surface area contributed by atoms with E-state index in [2.05, 4.69) is 16.0 Å². The Morgan fingerprint density at radius 3 is 2.00 bits per heavy atom. The summed E-state index contributed by atoms with van der Waals surface area (Å²) in [6.45, 7) is 3.87. The second kappa shape index (κ2) is 5.75. The number of nitrogens with one attached hydrogen (secondary N) is 3. The first-order chi connectivity index (χ1) is 7.61. The van der Waals surface area contributed by atoms with Gasteiger partial charge in [0.05, 0.1) is 0 Å². The Morgan fingerprint density at radius 1 is 1.06 bits per heavy atom. The van der Waals surface area contributed by atoms with Gasteiger partial charge in [0.2, 0.25) is 5.91 Å². The number of rotatable bonds is 3. The predicted molar refractivity (Wildman–Crippen MR) is 63.4 cm³/mol. The van der Waals surface area contributed by atoms with Gasteiger partial charge in [-0.3, -0.25) is 4.79 Å². The second-order valence-electron chi connectivity index (χ2n) is 3.24. The number of hydrogen-bond acceptors (Lipinski definition) is 2. The minimum absolute atomic E-state index is 0.121. The van der Waals surface area contributed by atoms with Gasteiger partial charge < -0.3 is 16.0 Å². The summed E-state index contributed by atoms with van der Waals surface area (Å²) in [6, 6.07) is 6.65. The molecule has 0 bridgehead atoms. The molecule has 1 rings (SSSR count). The van der Waals surface area contributed by atoms with E-state index in [0.29, 0.717) is 17.9 Å². The molecule has 86 valence electrons. The molecule has 0 saturated carbocycles. The fourth-order valence-electron chi connectivity index (χ4n) is 1.18. The van der Waals surface area contributed by atoms with E-state index < -0.39 is 0 Å². The summed E-state index contributed by atoms with van der Waals surface area (Å²) in [6.07, 6.45) is 0. The molecule has 1 aromatic carbocycles. The Kier molecular flexibility index (Phi) is 4.32. The van der Waals surface area contributed by atoms with Crippen molar-refractivity contribution in [2.45, 2.75) is 13.8 Å². The molecule has 0 heterocycles. The van der Waals surface area contributed by atoms with Crippen LogP contribution in [0.2, 0.25) is 0 Å². The smallest absolute Gasteiger partial charge is 0.319 e. The van der Waals surface area contributed by atoms with Gasteiger partial charge >= 0.3 is 6.03 Å². The highest BCUT2D eigenvalue weighted by molar-refractivity contribution is 5.91. The maximum Gasteiger partial charge on any atom is 0.319 e. The largest absolute Gasteiger partial charge is 0.338 e. The molecule has 0 atom stereocenters. The van der Waals surface area contributed by atoms with Crippen LogP contribution in [0.1, 0.15) is 13.8 Å². The van der Waals surface area contributed by atoms with E-state index in [9.17, 15) is 9.59 Å². The SMILES string of the molecule is CCNC(=O)Nc1ccc(NC(C)=O)cc1. The molecule has 0 aromatic heterocycles. The maximum atomic E-state index is 11.2. The third kappa shape index (κ3) is 4.00. The van der Waals surface area contributed by atoms with Crippen LogP contribution in [-0.4, -0.2) is 18.5 Å². The lowest BCUT2D eigenvalue weighted by Crippen LogP contribution is -2.28. The van der Waals surface area contributed by atoms with Crippen molar-refractivity contribution in [3.8, 4) is 0 Å². The van der Waals surface area contributed by atoms with E-state index in [1.807, 2.05) is 6.92 Å². The van der Waals surface area contributed by atoms with E-state index >= 15 is 0 Å². The van der Waals surface area contributed by atoms with Crippen LogP contribution in [-0.2, 0) is 4.79 Å². The van der Waals surface area contributed by atoms with E-state index in [0.717, 1.165) is 0 Å². The molecule has 0 unspecified atom stereocenters. The van der Waals surface area contributed by atoms with Crippen molar-refractivity contribution in [1.29, 1.82) is 0 Å². The summed E-state index contributed by atoms with van der Waals surface area (Å²) in [5, 5.41) is 7.92. The van der Waals surface area contributed by atoms with Crippen LogP contribution in [0.5, 0.6) is 0 Å². The third-order valence-electron chi connectivity index (χ3n) is 1.80. The molecule has 5 nitrogen and oxygen atoms in total. The van der Waals surface area contributed by atoms with Crippen molar-refractivity contribution in [1.82, 2.24) is 5.32 Å². The number of hydrogen-bond donors (Lipinski definition) is 3. The summed E-state index contributed by atoms with van der Waals surface area (Å²) in [4.78, 5) is 22.0. The molecule has 0 saturated heterocycles. The lowest BCUT2D eigenvalue weighted by Gasteiger charge is -2.07. The fourth-order valence-corrected chi connectivity index (χ4v) is 1.18. The van der Waals surface area contributed by atoms with Crippen LogP contribution < -0.4 is 16.0 Å². The van der Waals surface area contributed by atoms with Crippen LogP contribution in [0.4, 0.5) is 16.2 Å². The Labute approximate surface area is 94.2 Å².